The maximum absolute atomic E-state index is 12.5. The van der Waals surface area contributed by atoms with E-state index in [-0.39, 0.29) is 11.9 Å². The third-order valence-corrected chi connectivity index (χ3v) is 6.28. The second-order valence-electron chi connectivity index (χ2n) is 6.18. The fraction of sp³-hybridized carbons (Fsp3) is 0.263. The first-order valence-electron chi connectivity index (χ1n) is 8.34. The van der Waals surface area contributed by atoms with Gasteiger partial charge in [0.15, 0.2) is 0 Å². The molecule has 2 heterocycles. The SMILES string of the molecule is O=C(CN1CCCC1c1nc2ccccc2s1)Nc1ccccc1Br. The molecule has 1 aromatic heterocycles. The minimum Gasteiger partial charge on any atom is -0.324 e. The summed E-state index contributed by atoms with van der Waals surface area (Å²) in [5.41, 5.74) is 1.86. The summed E-state index contributed by atoms with van der Waals surface area (Å²) in [6, 6.07) is 16.1. The lowest BCUT2D eigenvalue weighted by Crippen LogP contribution is -2.33. The third-order valence-electron chi connectivity index (χ3n) is 4.45. The van der Waals surface area contributed by atoms with Gasteiger partial charge in [-0.1, -0.05) is 24.3 Å². The van der Waals surface area contributed by atoms with Crippen molar-refractivity contribution in [3.8, 4) is 0 Å². The van der Waals surface area contributed by atoms with Gasteiger partial charge in [0.25, 0.3) is 0 Å². The summed E-state index contributed by atoms with van der Waals surface area (Å²) in [6.07, 6.45) is 2.16. The van der Waals surface area contributed by atoms with E-state index >= 15 is 0 Å². The highest BCUT2D eigenvalue weighted by molar-refractivity contribution is 9.10. The molecule has 25 heavy (non-hydrogen) atoms. The summed E-state index contributed by atoms with van der Waals surface area (Å²) in [4.78, 5) is 19.5. The molecule has 1 amide bonds. The van der Waals surface area contributed by atoms with Crippen LogP contribution in [0.15, 0.2) is 53.0 Å². The molecule has 0 saturated carbocycles. The van der Waals surface area contributed by atoms with Crippen LogP contribution in [-0.2, 0) is 4.79 Å². The molecule has 6 heteroatoms. The van der Waals surface area contributed by atoms with Gasteiger partial charge in [0, 0.05) is 4.47 Å². The number of hydrogen-bond acceptors (Lipinski definition) is 4. The Hall–Kier alpha value is -1.76. The summed E-state index contributed by atoms with van der Waals surface area (Å²) in [7, 11) is 0. The number of nitrogens with one attached hydrogen (secondary N) is 1. The van der Waals surface area contributed by atoms with E-state index in [9.17, 15) is 4.79 Å². The Kier molecular flexibility index (Phi) is 4.83. The molecule has 1 N–H and O–H groups in total. The van der Waals surface area contributed by atoms with Crippen molar-refractivity contribution in [2.45, 2.75) is 18.9 Å². The van der Waals surface area contributed by atoms with Crippen molar-refractivity contribution in [2.75, 3.05) is 18.4 Å². The smallest absolute Gasteiger partial charge is 0.238 e. The number of benzene rings is 2. The second-order valence-corrected chi connectivity index (χ2v) is 8.09. The summed E-state index contributed by atoms with van der Waals surface area (Å²) < 4.78 is 2.11. The number of thiazole rings is 1. The molecule has 0 aliphatic carbocycles. The molecule has 1 fully saturated rings. The fourth-order valence-corrected chi connectivity index (χ4v) is 4.79. The first kappa shape index (κ1) is 16.7. The lowest BCUT2D eigenvalue weighted by molar-refractivity contribution is -0.117. The van der Waals surface area contributed by atoms with E-state index in [1.165, 1.54) is 4.70 Å². The number of likely N-dealkylation sites (tertiary alicyclic amines) is 1. The monoisotopic (exact) mass is 415 g/mol. The number of carbonyl (C=O) groups is 1. The van der Waals surface area contributed by atoms with Crippen molar-refractivity contribution in [1.82, 2.24) is 9.88 Å². The van der Waals surface area contributed by atoms with Crippen molar-refractivity contribution in [1.29, 1.82) is 0 Å². The predicted octanol–water partition coefficient (Wildman–Crippen LogP) is 4.83. The Morgan fingerprint density at radius 2 is 2.04 bits per heavy atom. The molecule has 1 unspecified atom stereocenters. The van der Waals surface area contributed by atoms with Crippen LogP contribution >= 0.6 is 27.3 Å². The quantitative estimate of drug-likeness (QED) is 0.663. The van der Waals surface area contributed by atoms with E-state index in [0.29, 0.717) is 6.54 Å². The lowest BCUT2D eigenvalue weighted by Gasteiger charge is -2.22. The molecule has 2 aromatic carbocycles. The second kappa shape index (κ2) is 7.23. The van der Waals surface area contributed by atoms with Crippen LogP contribution in [0.25, 0.3) is 10.2 Å². The summed E-state index contributed by atoms with van der Waals surface area (Å²) in [6.45, 7) is 1.33. The van der Waals surface area contributed by atoms with Crippen LogP contribution in [0.2, 0.25) is 0 Å². The molecule has 0 spiro atoms. The predicted molar refractivity (Wildman–Crippen MR) is 106 cm³/mol. The molecule has 128 valence electrons. The van der Waals surface area contributed by atoms with Crippen molar-refractivity contribution < 1.29 is 4.79 Å². The molecule has 0 bridgehead atoms. The number of fused-ring (bicyclic) bond motifs is 1. The van der Waals surface area contributed by atoms with Crippen LogP contribution < -0.4 is 5.32 Å². The number of aromatic nitrogens is 1. The number of halogens is 1. The number of carbonyl (C=O) groups excluding carboxylic acids is 1. The van der Waals surface area contributed by atoms with E-state index in [1.54, 1.807) is 11.3 Å². The van der Waals surface area contributed by atoms with Crippen LogP contribution in [0, 0.1) is 0 Å². The number of nitrogens with zero attached hydrogens (tertiary/aromatic N) is 2. The molecular weight excluding hydrogens is 398 g/mol. The van der Waals surface area contributed by atoms with E-state index in [4.69, 9.17) is 4.98 Å². The van der Waals surface area contributed by atoms with Crippen LogP contribution in [0.3, 0.4) is 0 Å². The zero-order chi connectivity index (χ0) is 17.2. The number of anilines is 1. The maximum Gasteiger partial charge on any atom is 0.238 e. The Morgan fingerprint density at radius 3 is 2.88 bits per heavy atom. The normalized spacial score (nSPS) is 17.9. The number of amides is 1. The van der Waals surface area contributed by atoms with Crippen LogP contribution in [0.5, 0.6) is 0 Å². The minimum atomic E-state index is 0.0138. The maximum atomic E-state index is 12.5. The lowest BCUT2D eigenvalue weighted by atomic mass is 10.2. The Balaban J connectivity index is 1.48. The van der Waals surface area contributed by atoms with E-state index in [0.717, 1.165) is 40.1 Å². The van der Waals surface area contributed by atoms with Gasteiger partial charge in [0.1, 0.15) is 5.01 Å². The molecule has 4 rings (SSSR count). The van der Waals surface area contributed by atoms with E-state index < -0.39 is 0 Å². The number of para-hydroxylation sites is 2. The molecule has 1 aliphatic heterocycles. The zero-order valence-electron chi connectivity index (χ0n) is 13.6. The summed E-state index contributed by atoms with van der Waals surface area (Å²) in [5, 5.41) is 4.11. The Morgan fingerprint density at radius 1 is 1.24 bits per heavy atom. The first-order chi connectivity index (χ1) is 12.2. The number of rotatable bonds is 4. The first-order valence-corrected chi connectivity index (χ1v) is 9.95. The molecule has 1 saturated heterocycles. The molecule has 4 nitrogen and oxygen atoms in total. The highest BCUT2D eigenvalue weighted by Crippen LogP contribution is 2.36. The van der Waals surface area contributed by atoms with Crippen molar-refractivity contribution in [2.24, 2.45) is 0 Å². The van der Waals surface area contributed by atoms with Crippen LogP contribution in [0.1, 0.15) is 23.9 Å². The van der Waals surface area contributed by atoms with Crippen molar-refractivity contribution in [3.05, 3.63) is 58.0 Å². The van der Waals surface area contributed by atoms with Crippen molar-refractivity contribution in [3.63, 3.8) is 0 Å². The van der Waals surface area contributed by atoms with Gasteiger partial charge < -0.3 is 5.32 Å². The Bertz CT molecular complexity index is 877. The highest BCUT2D eigenvalue weighted by atomic mass is 79.9. The van der Waals surface area contributed by atoms with Gasteiger partial charge in [0.2, 0.25) is 5.91 Å². The average Bonchev–Trinajstić information content (AvgIpc) is 3.23. The largest absolute Gasteiger partial charge is 0.324 e. The molecule has 1 atom stereocenters. The van der Waals surface area contributed by atoms with Gasteiger partial charge >= 0.3 is 0 Å². The average molecular weight is 416 g/mol. The van der Waals surface area contributed by atoms with E-state index in [1.807, 2.05) is 42.5 Å². The van der Waals surface area contributed by atoms with Crippen LogP contribution in [0.4, 0.5) is 5.69 Å². The zero-order valence-corrected chi connectivity index (χ0v) is 16.0. The standard InChI is InChI=1S/C19H18BrN3OS/c20-13-6-1-2-7-14(13)21-18(24)12-23-11-5-9-16(23)19-22-15-8-3-4-10-17(15)25-19/h1-4,6-8,10,16H,5,9,11-12H2,(H,21,24). The molecule has 3 aromatic rings. The Labute approximate surface area is 159 Å². The third kappa shape index (κ3) is 3.61. The van der Waals surface area contributed by atoms with Gasteiger partial charge in [-0.05, 0) is 59.6 Å². The topological polar surface area (TPSA) is 45.2 Å². The number of hydrogen-bond donors (Lipinski definition) is 1. The highest BCUT2D eigenvalue weighted by Gasteiger charge is 2.30. The van der Waals surface area contributed by atoms with E-state index in [2.05, 4.69) is 32.2 Å². The van der Waals surface area contributed by atoms with Gasteiger partial charge in [-0.2, -0.15) is 0 Å². The molecular formula is C19H18BrN3OS. The van der Waals surface area contributed by atoms with Gasteiger partial charge in [-0.25, -0.2) is 4.98 Å². The van der Waals surface area contributed by atoms with Crippen LogP contribution in [-0.4, -0.2) is 28.9 Å². The minimum absolute atomic E-state index is 0.0138. The molecule has 0 radical (unpaired) electrons. The molecule has 1 aliphatic rings. The summed E-state index contributed by atoms with van der Waals surface area (Å²) in [5.74, 6) is 0.0138. The van der Waals surface area contributed by atoms with Gasteiger partial charge in [-0.15, -0.1) is 11.3 Å². The van der Waals surface area contributed by atoms with Crippen molar-refractivity contribution >= 4 is 49.1 Å². The fourth-order valence-electron chi connectivity index (χ4n) is 3.26. The summed E-state index contributed by atoms with van der Waals surface area (Å²) >= 11 is 5.21. The van der Waals surface area contributed by atoms with Gasteiger partial charge in [-0.3, -0.25) is 9.69 Å². The van der Waals surface area contributed by atoms with Gasteiger partial charge in [0.05, 0.1) is 28.5 Å².